The molecule has 16 heavy (non-hydrogen) atoms. The smallest absolute Gasteiger partial charge is 0.256 e. The van der Waals surface area contributed by atoms with Crippen molar-refractivity contribution < 1.29 is 8.78 Å². The van der Waals surface area contributed by atoms with Crippen LogP contribution in [0.15, 0.2) is 22.8 Å². The molecule has 2 aromatic rings. The lowest BCUT2D eigenvalue weighted by Gasteiger charge is -2.03. The van der Waals surface area contributed by atoms with Gasteiger partial charge < -0.3 is 4.57 Å². The largest absolute Gasteiger partial charge is 0.327 e. The Hall–Kier alpha value is -1.48. The van der Waals surface area contributed by atoms with Crippen LogP contribution in [0.3, 0.4) is 0 Å². The van der Waals surface area contributed by atoms with E-state index in [1.807, 2.05) is 6.07 Å². The van der Waals surface area contributed by atoms with Gasteiger partial charge in [-0.25, -0.2) is 13.8 Å². The van der Waals surface area contributed by atoms with Gasteiger partial charge in [0.05, 0.1) is 6.54 Å². The molecule has 0 amide bonds. The minimum absolute atomic E-state index is 0.202. The summed E-state index contributed by atoms with van der Waals surface area (Å²) < 4.78 is 26.6. The van der Waals surface area contributed by atoms with Gasteiger partial charge in [0.2, 0.25) is 0 Å². The van der Waals surface area contributed by atoms with Gasteiger partial charge in [0, 0.05) is 16.1 Å². The van der Waals surface area contributed by atoms with E-state index < -0.39 is 13.0 Å². The lowest BCUT2D eigenvalue weighted by molar-refractivity contribution is 0.128. The Balaban J connectivity index is 2.62. The molecule has 0 aliphatic heterocycles. The number of nitriles is 1. The molecular weight excluding hydrogens is 280 g/mol. The molecule has 0 bridgehead atoms. The van der Waals surface area contributed by atoms with Gasteiger partial charge in [-0.2, -0.15) is 5.26 Å². The quantitative estimate of drug-likeness (QED) is 0.851. The summed E-state index contributed by atoms with van der Waals surface area (Å²) in [5.74, 6) is 0. The van der Waals surface area contributed by atoms with Crippen molar-refractivity contribution in [2.24, 2.45) is 0 Å². The Morgan fingerprint density at radius 2 is 2.31 bits per heavy atom. The number of rotatable bonds is 2. The third kappa shape index (κ3) is 1.91. The number of hydrogen-bond acceptors (Lipinski definition) is 2. The molecule has 0 aromatic carbocycles. The van der Waals surface area contributed by atoms with E-state index in [2.05, 4.69) is 20.9 Å². The van der Waals surface area contributed by atoms with E-state index in [-0.39, 0.29) is 5.69 Å². The zero-order valence-corrected chi connectivity index (χ0v) is 9.58. The van der Waals surface area contributed by atoms with Gasteiger partial charge in [0.25, 0.3) is 6.43 Å². The van der Waals surface area contributed by atoms with Crippen molar-refractivity contribution in [3.63, 3.8) is 0 Å². The standard InChI is InChI=1S/C10H6BrF2N3/c11-8-3-6(4-14)15-10-7(8)1-2-16(10)5-9(12)13/h1-3,9H,5H2. The summed E-state index contributed by atoms with van der Waals surface area (Å²) in [5, 5.41) is 9.46. The lowest BCUT2D eigenvalue weighted by Crippen LogP contribution is -2.06. The molecule has 82 valence electrons. The summed E-state index contributed by atoms with van der Waals surface area (Å²) in [7, 11) is 0. The van der Waals surface area contributed by atoms with Crippen LogP contribution in [-0.2, 0) is 6.54 Å². The van der Waals surface area contributed by atoms with Crippen LogP contribution in [0.5, 0.6) is 0 Å². The van der Waals surface area contributed by atoms with Gasteiger partial charge in [-0.05, 0) is 28.1 Å². The second kappa shape index (κ2) is 4.18. The number of alkyl halides is 2. The van der Waals surface area contributed by atoms with Gasteiger partial charge >= 0.3 is 0 Å². The topological polar surface area (TPSA) is 41.6 Å². The molecule has 6 heteroatoms. The highest BCUT2D eigenvalue weighted by atomic mass is 79.9. The van der Waals surface area contributed by atoms with E-state index in [9.17, 15) is 8.78 Å². The molecule has 0 saturated heterocycles. The lowest BCUT2D eigenvalue weighted by atomic mass is 10.3. The first-order valence-electron chi connectivity index (χ1n) is 4.45. The molecule has 0 radical (unpaired) electrons. The van der Waals surface area contributed by atoms with Crippen LogP contribution < -0.4 is 0 Å². The van der Waals surface area contributed by atoms with Crippen LogP contribution in [-0.4, -0.2) is 16.0 Å². The molecule has 0 fully saturated rings. The van der Waals surface area contributed by atoms with Crippen molar-refractivity contribution in [1.82, 2.24) is 9.55 Å². The van der Waals surface area contributed by atoms with Crippen LogP contribution in [0.2, 0.25) is 0 Å². The van der Waals surface area contributed by atoms with Crippen molar-refractivity contribution in [2.75, 3.05) is 0 Å². The fraction of sp³-hybridized carbons (Fsp3) is 0.200. The zero-order valence-electron chi connectivity index (χ0n) is 7.99. The Kier molecular flexibility index (Phi) is 2.88. The summed E-state index contributed by atoms with van der Waals surface area (Å²) in [6.45, 7) is -0.419. The average Bonchev–Trinajstić information content (AvgIpc) is 2.61. The number of pyridine rings is 1. The Morgan fingerprint density at radius 3 is 2.94 bits per heavy atom. The summed E-state index contributed by atoms with van der Waals surface area (Å²) in [6, 6.07) is 5.14. The van der Waals surface area contributed by atoms with Gasteiger partial charge in [0.1, 0.15) is 17.4 Å². The van der Waals surface area contributed by atoms with Crippen molar-refractivity contribution in [1.29, 1.82) is 5.26 Å². The van der Waals surface area contributed by atoms with Gasteiger partial charge in [-0.3, -0.25) is 0 Å². The van der Waals surface area contributed by atoms with E-state index in [0.29, 0.717) is 10.1 Å². The van der Waals surface area contributed by atoms with Gasteiger partial charge in [-0.15, -0.1) is 0 Å². The molecule has 0 atom stereocenters. The molecule has 0 N–H and O–H groups in total. The van der Waals surface area contributed by atoms with Crippen molar-refractivity contribution >= 4 is 27.0 Å². The molecule has 0 aliphatic carbocycles. The van der Waals surface area contributed by atoms with E-state index >= 15 is 0 Å². The first kappa shape index (κ1) is 11.0. The maximum atomic E-state index is 12.3. The zero-order chi connectivity index (χ0) is 11.7. The predicted octanol–water partition coefficient (Wildman–Crippen LogP) is 2.94. The maximum absolute atomic E-state index is 12.3. The Bertz CT molecular complexity index is 571. The molecule has 2 heterocycles. The second-order valence-electron chi connectivity index (χ2n) is 3.20. The molecule has 0 spiro atoms. The number of nitrogens with zero attached hydrogens (tertiary/aromatic N) is 3. The van der Waals surface area contributed by atoms with Crippen molar-refractivity contribution in [2.45, 2.75) is 13.0 Å². The highest BCUT2D eigenvalue weighted by Crippen LogP contribution is 2.24. The van der Waals surface area contributed by atoms with Crippen molar-refractivity contribution in [3.05, 3.63) is 28.5 Å². The molecule has 0 aliphatic rings. The van der Waals surface area contributed by atoms with E-state index in [1.165, 1.54) is 10.8 Å². The molecular formula is C10H6BrF2N3. The van der Waals surface area contributed by atoms with E-state index in [1.54, 1.807) is 12.1 Å². The fourth-order valence-corrected chi connectivity index (χ4v) is 2.00. The molecule has 2 aromatic heterocycles. The Morgan fingerprint density at radius 1 is 1.56 bits per heavy atom. The number of fused-ring (bicyclic) bond motifs is 1. The molecule has 3 nitrogen and oxygen atoms in total. The fourth-order valence-electron chi connectivity index (χ4n) is 1.47. The summed E-state index contributed by atoms with van der Waals surface area (Å²) >= 11 is 3.28. The van der Waals surface area contributed by atoms with Crippen LogP contribution in [0, 0.1) is 11.3 Å². The van der Waals surface area contributed by atoms with Crippen LogP contribution in [0.4, 0.5) is 8.78 Å². The first-order chi connectivity index (χ1) is 7.61. The summed E-state index contributed by atoms with van der Waals surface area (Å²) in [5.41, 5.74) is 0.597. The van der Waals surface area contributed by atoms with E-state index in [4.69, 9.17) is 5.26 Å². The second-order valence-corrected chi connectivity index (χ2v) is 4.05. The van der Waals surface area contributed by atoms with Crippen LogP contribution in [0.1, 0.15) is 5.69 Å². The first-order valence-corrected chi connectivity index (χ1v) is 5.24. The highest BCUT2D eigenvalue weighted by Gasteiger charge is 2.11. The number of halogens is 3. The maximum Gasteiger partial charge on any atom is 0.256 e. The Labute approximate surface area is 98.4 Å². The minimum Gasteiger partial charge on any atom is -0.327 e. The number of aromatic nitrogens is 2. The minimum atomic E-state index is -2.44. The highest BCUT2D eigenvalue weighted by molar-refractivity contribution is 9.10. The third-order valence-corrected chi connectivity index (χ3v) is 2.79. The molecule has 0 saturated carbocycles. The predicted molar refractivity (Wildman–Crippen MR) is 58.2 cm³/mol. The van der Waals surface area contributed by atoms with Crippen LogP contribution in [0.25, 0.3) is 11.0 Å². The summed E-state index contributed by atoms with van der Waals surface area (Å²) in [4.78, 5) is 4.01. The van der Waals surface area contributed by atoms with E-state index in [0.717, 1.165) is 5.39 Å². The SMILES string of the molecule is N#Cc1cc(Br)c2ccn(CC(F)F)c2n1. The summed E-state index contributed by atoms with van der Waals surface area (Å²) in [6.07, 6.45) is -0.905. The molecule has 2 rings (SSSR count). The van der Waals surface area contributed by atoms with Gasteiger partial charge in [-0.1, -0.05) is 0 Å². The normalized spacial score (nSPS) is 10.9. The van der Waals surface area contributed by atoms with Gasteiger partial charge in [0.15, 0.2) is 0 Å². The van der Waals surface area contributed by atoms with Crippen LogP contribution >= 0.6 is 15.9 Å². The molecule has 0 unspecified atom stereocenters. The average molecular weight is 286 g/mol. The van der Waals surface area contributed by atoms with Crippen molar-refractivity contribution in [3.8, 4) is 6.07 Å². The third-order valence-electron chi connectivity index (χ3n) is 2.13. The number of hydrogen-bond donors (Lipinski definition) is 0. The monoisotopic (exact) mass is 285 g/mol.